The van der Waals surface area contributed by atoms with Crippen molar-refractivity contribution in [3.63, 3.8) is 0 Å². The van der Waals surface area contributed by atoms with Crippen LogP contribution in [0.15, 0.2) is 23.3 Å². The van der Waals surface area contributed by atoms with Gasteiger partial charge < -0.3 is 4.74 Å². The number of carbonyl (C=O) groups is 1. The Morgan fingerprint density at radius 1 is 1.37 bits per heavy atom. The molecule has 3 atom stereocenters. The van der Waals surface area contributed by atoms with Gasteiger partial charge in [-0.2, -0.15) is 0 Å². The van der Waals surface area contributed by atoms with Crippen LogP contribution in [-0.4, -0.2) is 12.1 Å². The zero-order valence-electron chi connectivity index (χ0n) is 12.8. The van der Waals surface area contributed by atoms with Gasteiger partial charge in [-0.05, 0) is 49.5 Å². The standard InChI is InChI=1S/C17H26O2/c1-11-6-8-14-15(17(14,4)5)10-12(2)16(9-7-11)19-13(3)18/h7,10,14-16H,6,8-9H2,1-5H3. The topological polar surface area (TPSA) is 26.3 Å². The van der Waals surface area contributed by atoms with Crippen molar-refractivity contribution in [2.45, 2.75) is 60.0 Å². The molecule has 0 N–H and O–H groups in total. The number of allylic oxidation sites excluding steroid dienone is 2. The molecule has 2 aliphatic carbocycles. The molecule has 0 aromatic rings. The number of hydrogen-bond donors (Lipinski definition) is 0. The lowest BCUT2D eigenvalue weighted by Gasteiger charge is -2.18. The molecule has 1 fully saturated rings. The second kappa shape index (κ2) is 5.15. The third kappa shape index (κ3) is 3.10. The van der Waals surface area contributed by atoms with E-state index in [2.05, 4.69) is 39.8 Å². The molecule has 3 unspecified atom stereocenters. The monoisotopic (exact) mass is 262 g/mol. The molecular formula is C17H26O2. The third-order valence-electron chi connectivity index (χ3n) is 4.93. The van der Waals surface area contributed by atoms with Crippen LogP contribution in [0, 0.1) is 17.3 Å². The Morgan fingerprint density at radius 2 is 2.05 bits per heavy atom. The van der Waals surface area contributed by atoms with Crippen LogP contribution in [0.5, 0.6) is 0 Å². The van der Waals surface area contributed by atoms with E-state index in [4.69, 9.17) is 4.74 Å². The zero-order chi connectivity index (χ0) is 14.2. The molecule has 2 heteroatoms. The summed E-state index contributed by atoms with van der Waals surface area (Å²) in [5.41, 5.74) is 3.04. The Bertz CT molecular complexity index is 429. The van der Waals surface area contributed by atoms with Crippen LogP contribution in [-0.2, 0) is 9.53 Å². The number of rotatable bonds is 1. The van der Waals surface area contributed by atoms with Gasteiger partial charge in [-0.15, -0.1) is 0 Å². The molecule has 106 valence electrons. The molecule has 0 bridgehead atoms. The highest BCUT2D eigenvalue weighted by Gasteiger charge is 2.55. The number of esters is 1. The van der Waals surface area contributed by atoms with E-state index in [0.717, 1.165) is 12.3 Å². The van der Waals surface area contributed by atoms with Crippen LogP contribution in [0.1, 0.15) is 53.9 Å². The number of ether oxygens (including phenoxy) is 1. The molecule has 19 heavy (non-hydrogen) atoms. The first-order chi connectivity index (χ1) is 8.82. The molecule has 2 nitrogen and oxygen atoms in total. The Hall–Kier alpha value is -1.05. The van der Waals surface area contributed by atoms with Gasteiger partial charge in [-0.25, -0.2) is 0 Å². The minimum Gasteiger partial charge on any atom is -0.458 e. The van der Waals surface area contributed by atoms with Crippen LogP contribution >= 0.6 is 0 Å². The van der Waals surface area contributed by atoms with E-state index in [9.17, 15) is 4.79 Å². The Morgan fingerprint density at radius 3 is 2.68 bits per heavy atom. The summed E-state index contributed by atoms with van der Waals surface area (Å²) in [7, 11) is 0. The van der Waals surface area contributed by atoms with Crippen molar-refractivity contribution in [1.29, 1.82) is 0 Å². The number of hydrogen-bond acceptors (Lipinski definition) is 2. The van der Waals surface area contributed by atoms with Crippen molar-refractivity contribution in [2.75, 3.05) is 0 Å². The molecule has 0 radical (unpaired) electrons. The van der Waals surface area contributed by atoms with Gasteiger partial charge in [0, 0.05) is 13.3 Å². The highest BCUT2D eigenvalue weighted by molar-refractivity contribution is 5.66. The van der Waals surface area contributed by atoms with Gasteiger partial charge in [-0.3, -0.25) is 4.79 Å². The maximum Gasteiger partial charge on any atom is 0.303 e. The molecule has 0 aromatic carbocycles. The van der Waals surface area contributed by atoms with Gasteiger partial charge in [0.15, 0.2) is 0 Å². The van der Waals surface area contributed by atoms with Crippen molar-refractivity contribution < 1.29 is 9.53 Å². The highest BCUT2D eigenvalue weighted by Crippen LogP contribution is 2.61. The van der Waals surface area contributed by atoms with Crippen molar-refractivity contribution in [3.05, 3.63) is 23.3 Å². The van der Waals surface area contributed by atoms with E-state index >= 15 is 0 Å². The zero-order valence-corrected chi connectivity index (χ0v) is 12.8. The number of fused-ring (bicyclic) bond motifs is 1. The van der Waals surface area contributed by atoms with E-state index in [-0.39, 0.29) is 12.1 Å². The predicted octanol–water partition coefficient (Wildman–Crippen LogP) is 4.27. The second-order valence-corrected chi connectivity index (χ2v) is 6.79. The number of carbonyl (C=O) groups excluding carboxylic acids is 1. The van der Waals surface area contributed by atoms with Crippen molar-refractivity contribution in [2.24, 2.45) is 17.3 Å². The third-order valence-corrected chi connectivity index (χ3v) is 4.93. The first kappa shape index (κ1) is 14.4. The molecular weight excluding hydrogens is 236 g/mol. The summed E-state index contributed by atoms with van der Waals surface area (Å²) in [4.78, 5) is 11.2. The summed E-state index contributed by atoms with van der Waals surface area (Å²) in [5, 5.41) is 0. The SMILES string of the molecule is CC(=O)OC1CC=C(C)CCC2C(C=C1C)C2(C)C. The van der Waals surface area contributed by atoms with Gasteiger partial charge in [0.25, 0.3) is 0 Å². The van der Waals surface area contributed by atoms with Crippen LogP contribution in [0.2, 0.25) is 0 Å². The van der Waals surface area contributed by atoms with Gasteiger partial charge in [0.05, 0.1) is 0 Å². The first-order valence-electron chi connectivity index (χ1n) is 7.33. The molecule has 0 saturated heterocycles. The maximum atomic E-state index is 11.2. The minimum atomic E-state index is -0.188. The second-order valence-electron chi connectivity index (χ2n) is 6.79. The quantitative estimate of drug-likeness (QED) is 0.521. The maximum absolute atomic E-state index is 11.2. The first-order valence-corrected chi connectivity index (χ1v) is 7.33. The predicted molar refractivity (Wildman–Crippen MR) is 77.7 cm³/mol. The van der Waals surface area contributed by atoms with Crippen LogP contribution in [0.3, 0.4) is 0 Å². The molecule has 0 aromatic heterocycles. The Labute approximate surface area is 116 Å². The van der Waals surface area contributed by atoms with E-state index in [1.54, 1.807) is 0 Å². The summed E-state index contributed by atoms with van der Waals surface area (Å²) in [6, 6.07) is 0. The Kier molecular flexibility index (Phi) is 3.89. The average Bonchev–Trinajstić information content (AvgIpc) is 2.81. The van der Waals surface area contributed by atoms with E-state index in [0.29, 0.717) is 11.3 Å². The molecule has 0 heterocycles. The fraction of sp³-hybridized carbons (Fsp3) is 0.706. The summed E-state index contributed by atoms with van der Waals surface area (Å²) < 4.78 is 5.47. The summed E-state index contributed by atoms with van der Waals surface area (Å²) in [5.74, 6) is 1.24. The van der Waals surface area contributed by atoms with E-state index < -0.39 is 0 Å². The van der Waals surface area contributed by atoms with Gasteiger partial charge >= 0.3 is 5.97 Å². The largest absolute Gasteiger partial charge is 0.458 e. The highest BCUT2D eigenvalue weighted by atomic mass is 16.5. The van der Waals surface area contributed by atoms with E-state index in [1.165, 1.54) is 30.9 Å². The molecule has 0 spiro atoms. The smallest absolute Gasteiger partial charge is 0.303 e. The van der Waals surface area contributed by atoms with Crippen molar-refractivity contribution in [1.82, 2.24) is 0 Å². The fourth-order valence-electron chi connectivity index (χ4n) is 3.38. The van der Waals surface area contributed by atoms with Crippen LogP contribution in [0.4, 0.5) is 0 Å². The normalized spacial score (nSPS) is 33.6. The lowest BCUT2D eigenvalue weighted by Crippen LogP contribution is -2.17. The molecule has 1 saturated carbocycles. The fourth-order valence-corrected chi connectivity index (χ4v) is 3.38. The summed E-state index contributed by atoms with van der Waals surface area (Å²) in [6.07, 6.45) is 7.77. The van der Waals surface area contributed by atoms with Gasteiger partial charge in [-0.1, -0.05) is 31.6 Å². The van der Waals surface area contributed by atoms with Crippen LogP contribution < -0.4 is 0 Å². The summed E-state index contributed by atoms with van der Waals surface area (Å²) in [6.45, 7) is 10.5. The molecule has 0 amide bonds. The average molecular weight is 262 g/mol. The molecule has 2 rings (SSSR count). The van der Waals surface area contributed by atoms with E-state index in [1.807, 2.05) is 0 Å². The van der Waals surface area contributed by atoms with Crippen molar-refractivity contribution in [3.8, 4) is 0 Å². The molecule has 0 aliphatic heterocycles. The summed E-state index contributed by atoms with van der Waals surface area (Å²) >= 11 is 0. The minimum absolute atomic E-state index is 0.0809. The molecule has 2 aliphatic rings. The lowest BCUT2D eigenvalue weighted by atomic mass is 9.99. The Balaban J connectivity index is 2.22. The van der Waals surface area contributed by atoms with Crippen molar-refractivity contribution >= 4 is 5.97 Å². The lowest BCUT2D eigenvalue weighted by molar-refractivity contribution is -0.144. The van der Waals surface area contributed by atoms with Gasteiger partial charge in [0.2, 0.25) is 0 Å². The van der Waals surface area contributed by atoms with Gasteiger partial charge in [0.1, 0.15) is 6.10 Å². The van der Waals surface area contributed by atoms with Crippen LogP contribution in [0.25, 0.3) is 0 Å².